The molecule has 0 aliphatic rings. The molecule has 0 aliphatic heterocycles. The Morgan fingerprint density at radius 3 is 2.12 bits per heavy atom. The fourth-order valence-corrected chi connectivity index (χ4v) is 2.68. The third-order valence-corrected chi connectivity index (χ3v) is 4.43. The number of amides is 1. The van der Waals surface area contributed by atoms with Gasteiger partial charge < -0.3 is 9.64 Å². The number of hydrogen-bond donors (Lipinski definition) is 0. The first-order chi connectivity index (χ1) is 11.8. The zero-order chi connectivity index (χ0) is 18.6. The largest absolute Gasteiger partial charge is 0.415 e. The number of carbonyl (C=O) groups is 1. The van der Waals surface area contributed by atoms with Crippen LogP contribution in [0.15, 0.2) is 42.5 Å². The molecule has 0 saturated heterocycles. The van der Waals surface area contributed by atoms with Crippen molar-refractivity contribution in [3.05, 3.63) is 53.6 Å². The second-order valence-corrected chi connectivity index (χ2v) is 7.37. The van der Waals surface area contributed by atoms with E-state index in [-0.39, 0.29) is 11.5 Å². The van der Waals surface area contributed by atoms with E-state index in [4.69, 9.17) is 4.74 Å². The van der Waals surface area contributed by atoms with E-state index in [1.54, 1.807) is 4.90 Å². The van der Waals surface area contributed by atoms with Gasteiger partial charge in [-0.05, 0) is 49.4 Å². The van der Waals surface area contributed by atoms with Gasteiger partial charge in [0.25, 0.3) is 0 Å². The van der Waals surface area contributed by atoms with Gasteiger partial charge in [-0.25, -0.2) is 4.79 Å². The van der Waals surface area contributed by atoms with Gasteiger partial charge in [0.05, 0.1) is 0 Å². The molecule has 0 aromatic heterocycles. The van der Waals surface area contributed by atoms with Gasteiger partial charge in [-0.15, -0.1) is 0 Å². The minimum atomic E-state index is -0.304. The molecule has 3 nitrogen and oxygen atoms in total. The van der Waals surface area contributed by atoms with E-state index in [0.29, 0.717) is 18.8 Å². The van der Waals surface area contributed by atoms with Crippen LogP contribution in [0.5, 0.6) is 5.75 Å². The first kappa shape index (κ1) is 19.0. The Balaban J connectivity index is 2.48. The van der Waals surface area contributed by atoms with E-state index in [9.17, 15) is 4.79 Å². The molecule has 2 aromatic carbocycles. The summed E-state index contributed by atoms with van der Waals surface area (Å²) in [6.07, 6.45) is -0.304. The zero-order valence-electron chi connectivity index (χ0n) is 16.2. The second kappa shape index (κ2) is 7.73. The molecular weight excluding hydrogens is 310 g/mol. The Hall–Kier alpha value is -2.29. The van der Waals surface area contributed by atoms with Crippen LogP contribution >= 0.6 is 0 Å². The third-order valence-electron chi connectivity index (χ3n) is 4.43. The maximum Gasteiger partial charge on any atom is 0.415 e. The first-order valence-electron chi connectivity index (χ1n) is 8.94. The Kier molecular flexibility index (Phi) is 5.89. The van der Waals surface area contributed by atoms with Crippen molar-refractivity contribution >= 4 is 6.09 Å². The predicted octanol–water partition coefficient (Wildman–Crippen LogP) is 5.80. The van der Waals surface area contributed by atoms with E-state index in [1.165, 1.54) is 11.1 Å². The molecular formula is C22H29NO2. The fraction of sp³-hybridized carbons (Fsp3) is 0.409. The summed E-state index contributed by atoms with van der Waals surface area (Å²) in [5.74, 6) is 0.605. The molecule has 0 radical (unpaired) electrons. The highest BCUT2D eigenvalue weighted by Crippen LogP contribution is 2.35. The van der Waals surface area contributed by atoms with Crippen LogP contribution in [0.1, 0.15) is 45.7 Å². The maximum atomic E-state index is 12.4. The molecule has 2 rings (SSSR count). The standard InChI is InChI=1S/C22H29NO2/c1-7-23(8-2)21(24)25-20-14-13-18(22(4,5)6)15-19(20)17-11-9-16(3)10-12-17/h9-15H,7-8H2,1-6H3. The van der Waals surface area contributed by atoms with Crippen molar-refractivity contribution in [3.63, 3.8) is 0 Å². The highest BCUT2D eigenvalue weighted by Gasteiger charge is 2.19. The van der Waals surface area contributed by atoms with Crippen LogP contribution < -0.4 is 4.74 Å². The average Bonchev–Trinajstić information content (AvgIpc) is 2.56. The van der Waals surface area contributed by atoms with Crippen LogP contribution in [0.3, 0.4) is 0 Å². The molecule has 0 unspecified atom stereocenters. The maximum absolute atomic E-state index is 12.4. The highest BCUT2D eigenvalue weighted by molar-refractivity contribution is 5.78. The summed E-state index contributed by atoms with van der Waals surface area (Å²) in [6, 6.07) is 14.4. The Bertz CT molecular complexity index is 723. The Morgan fingerprint density at radius 1 is 1.00 bits per heavy atom. The number of nitrogens with zero attached hydrogens (tertiary/aromatic N) is 1. The molecule has 0 atom stereocenters. The minimum absolute atomic E-state index is 0.0286. The van der Waals surface area contributed by atoms with E-state index < -0.39 is 0 Å². The van der Waals surface area contributed by atoms with Crippen molar-refractivity contribution in [2.45, 2.75) is 47.0 Å². The van der Waals surface area contributed by atoms with Crippen molar-refractivity contribution in [3.8, 4) is 16.9 Å². The summed E-state index contributed by atoms with van der Waals surface area (Å²) in [5.41, 5.74) is 4.45. The van der Waals surface area contributed by atoms with Gasteiger partial charge in [-0.3, -0.25) is 0 Å². The molecule has 2 aromatic rings. The molecule has 0 N–H and O–H groups in total. The van der Waals surface area contributed by atoms with Crippen LogP contribution in [0.25, 0.3) is 11.1 Å². The number of aryl methyl sites for hydroxylation is 1. The number of benzene rings is 2. The monoisotopic (exact) mass is 339 g/mol. The van der Waals surface area contributed by atoms with Crippen LogP contribution in [-0.4, -0.2) is 24.1 Å². The molecule has 3 heteroatoms. The summed E-state index contributed by atoms with van der Waals surface area (Å²) in [7, 11) is 0. The molecule has 25 heavy (non-hydrogen) atoms. The number of ether oxygens (including phenoxy) is 1. The van der Waals surface area contributed by atoms with Crippen molar-refractivity contribution in [1.82, 2.24) is 4.90 Å². The van der Waals surface area contributed by atoms with Gasteiger partial charge in [0.1, 0.15) is 5.75 Å². The lowest BCUT2D eigenvalue weighted by Crippen LogP contribution is -2.33. The van der Waals surface area contributed by atoms with Gasteiger partial charge in [0.15, 0.2) is 0 Å². The van der Waals surface area contributed by atoms with Crippen LogP contribution in [0.2, 0.25) is 0 Å². The molecule has 0 bridgehead atoms. The molecule has 0 saturated carbocycles. The zero-order valence-corrected chi connectivity index (χ0v) is 16.2. The van der Waals surface area contributed by atoms with E-state index >= 15 is 0 Å². The number of hydrogen-bond acceptors (Lipinski definition) is 2. The normalized spacial score (nSPS) is 11.3. The molecule has 0 aliphatic carbocycles. The number of carbonyl (C=O) groups excluding carboxylic acids is 1. The lowest BCUT2D eigenvalue weighted by molar-refractivity contribution is 0.157. The summed E-state index contributed by atoms with van der Waals surface area (Å²) in [5, 5.41) is 0. The summed E-state index contributed by atoms with van der Waals surface area (Å²) in [4.78, 5) is 14.1. The second-order valence-electron chi connectivity index (χ2n) is 7.37. The van der Waals surface area contributed by atoms with E-state index in [0.717, 1.165) is 11.1 Å². The smallest absolute Gasteiger partial charge is 0.410 e. The van der Waals surface area contributed by atoms with Gasteiger partial charge in [0.2, 0.25) is 0 Å². The van der Waals surface area contributed by atoms with E-state index in [2.05, 4.69) is 58.0 Å². The van der Waals surface area contributed by atoms with Crippen LogP contribution in [0.4, 0.5) is 4.79 Å². The molecule has 134 valence electrons. The van der Waals surface area contributed by atoms with Crippen molar-refractivity contribution in [1.29, 1.82) is 0 Å². The lowest BCUT2D eigenvalue weighted by atomic mass is 9.85. The van der Waals surface area contributed by atoms with E-state index in [1.807, 2.05) is 26.0 Å². The van der Waals surface area contributed by atoms with Gasteiger partial charge in [0, 0.05) is 18.7 Å². The molecule has 0 spiro atoms. The minimum Gasteiger partial charge on any atom is -0.410 e. The molecule has 1 amide bonds. The van der Waals surface area contributed by atoms with Gasteiger partial charge in [-0.2, -0.15) is 0 Å². The molecule has 0 heterocycles. The highest BCUT2D eigenvalue weighted by atomic mass is 16.6. The lowest BCUT2D eigenvalue weighted by Gasteiger charge is -2.23. The summed E-state index contributed by atoms with van der Waals surface area (Å²) >= 11 is 0. The predicted molar refractivity (Wildman–Crippen MR) is 104 cm³/mol. The van der Waals surface area contributed by atoms with Crippen molar-refractivity contribution in [2.75, 3.05) is 13.1 Å². The Morgan fingerprint density at radius 2 is 1.60 bits per heavy atom. The fourth-order valence-electron chi connectivity index (χ4n) is 2.68. The summed E-state index contributed by atoms with van der Waals surface area (Å²) < 4.78 is 5.73. The third kappa shape index (κ3) is 4.62. The SMILES string of the molecule is CCN(CC)C(=O)Oc1ccc(C(C)(C)C)cc1-c1ccc(C)cc1. The van der Waals surface area contributed by atoms with Gasteiger partial charge >= 0.3 is 6.09 Å². The van der Waals surface area contributed by atoms with Crippen molar-refractivity contribution < 1.29 is 9.53 Å². The van der Waals surface area contributed by atoms with Gasteiger partial charge in [-0.1, -0.05) is 56.7 Å². The topological polar surface area (TPSA) is 29.5 Å². The van der Waals surface area contributed by atoms with Crippen molar-refractivity contribution in [2.24, 2.45) is 0 Å². The van der Waals surface area contributed by atoms with Crippen LogP contribution in [-0.2, 0) is 5.41 Å². The summed E-state index contributed by atoms with van der Waals surface area (Å²) in [6.45, 7) is 13.8. The number of rotatable bonds is 4. The first-order valence-corrected chi connectivity index (χ1v) is 8.94. The molecule has 0 fully saturated rings. The Labute approximate surface area is 151 Å². The average molecular weight is 339 g/mol. The van der Waals surface area contributed by atoms with Crippen LogP contribution in [0, 0.1) is 6.92 Å². The quantitative estimate of drug-likeness (QED) is 0.704.